The Balaban J connectivity index is 1.32. The topological polar surface area (TPSA) is 35.2 Å². The van der Waals surface area contributed by atoms with Crippen molar-refractivity contribution in [2.45, 2.75) is 6.54 Å². The molecule has 130 valence electrons. The number of hydrogen-bond acceptors (Lipinski definition) is 3. The number of nitrogens with one attached hydrogen (secondary N) is 1. The van der Waals surface area contributed by atoms with E-state index in [4.69, 9.17) is 0 Å². The Bertz CT molecular complexity index is 1030. The lowest BCUT2D eigenvalue weighted by Crippen LogP contribution is -2.46. The third kappa shape index (κ3) is 2.82. The van der Waals surface area contributed by atoms with Gasteiger partial charge in [-0.05, 0) is 24.3 Å². The van der Waals surface area contributed by atoms with Gasteiger partial charge in [-0.15, -0.1) is 0 Å². The first-order valence-corrected chi connectivity index (χ1v) is 9.24. The summed E-state index contributed by atoms with van der Waals surface area (Å²) in [6, 6.07) is 21.4. The van der Waals surface area contributed by atoms with Gasteiger partial charge in [-0.25, -0.2) is 0 Å². The van der Waals surface area contributed by atoms with E-state index in [1.165, 1.54) is 22.0 Å². The maximum Gasteiger partial charge on any atom is 0.0651 e. The SMILES string of the molecule is c1ccc(N2CCN(Cc3cc4c(cn3)[nH]c3ccccc34)CC2)cc1. The standard InChI is InChI=1S/C22H22N4/c1-2-6-18(7-3-1)26-12-10-25(11-13-26)16-17-14-20-19-8-4-5-9-21(19)24-22(20)15-23-17/h1-9,14-15,24H,10-13,16H2. The molecule has 1 saturated heterocycles. The number of hydrogen-bond donors (Lipinski definition) is 1. The summed E-state index contributed by atoms with van der Waals surface area (Å²) in [5.41, 5.74) is 4.77. The van der Waals surface area contributed by atoms with Crippen LogP contribution in [0.2, 0.25) is 0 Å². The minimum atomic E-state index is 0.915. The number of benzene rings is 2. The van der Waals surface area contributed by atoms with Crippen molar-refractivity contribution in [2.24, 2.45) is 0 Å². The minimum Gasteiger partial charge on any atom is -0.369 e. The van der Waals surface area contributed by atoms with E-state index in [-0.39, 0.29) is 0 Å². The molecule has 0 amide bonds. The summed E-state index contributed by atoms with van der Waals surface area (Å²) >= 11 is 0. The van der Waals surface area contributed by atoms with Gasteiger partial charge in [-0.3, -0.25) is 9.88 Å². The summed E-state index contributed by atoms with van der Waals surface area (Å²) in [7, 11) is 0. The van der Waals surface area contributed by atoms with Crippen LogP contribution in [0.15, 0.2) is 66.9 Å². The van der Waals surface area contributed by atoms with Crippen molar-refractivity contribution >= 4 is 27.5 Å². The van der Waals surface area contributed by atoms with E-state index in [1.54, 1.807) is 0 Å². The fraction of sp³-hybridized carbons (Fsp3) is 0.227. The number of nitrogens with zero attached hydrogens (tertiary/aromatic N) is 3. The molecule has 2 aromatic carbocycles. The molecule has 0 spiro atoms. The molecule has 0 atom stereocenters. The van der Waals surface area contributed by atoms with Gasteiger partial charge >= 0.3 is 0 Å². The first-order valence-electron chi connectivity index (χ1n) is 9.24. The molecule has 5 rings (SSSR count). The Morgan fingerprint density at radius 3 is 2.42 bits per heavy atom. The van der Waals surface area contributed by atoms with Crippen molar-refractivity contribution in [3.8, 4) is 0 Å². The molecule has 0 radical (unpaired) electrons. The minimum absolute atomic E-state index is 0.915. The number of aromatic amines is 1. The predicted molar refractivity (Wildman–Crippen MR) is 108 cm³/mol. The Hall–Kier alpha value is -2.85. The van der Waals surface area contributed by atoms with Crippen LogP contribution in [-0.2, 0) is 6.54 Å². The van der Waals surface area contributed by atoms with Gasteiger partial charge in [0.1, 0.15) is 0 Å². The summed E-state index contributed by atoms with van der Waals surface area (Å²) in [6.45, 7) is 5.20. The highest BCUT2D eigenvalue weighted by atomic mass is 15.3. The van der Waals surface area contributed by atoms with E-state index in [2.05, 4.69) is 80.4 Å². The molecule has 4 nitrogen and oxygen atoms in total. The van der Waals surface area contributed by atoms with E-state index >= 15 is 0 Å². The smallest absolute Gasteiger partial charge is 0.0651 e. The molecule has 4 aromatic rings. The maximum atomic E-state index is 4.69. The first kappa shape index (κ1) is 15.4. The highest BCUT2D eigenvalue weighted by Crippen LogP contribution is 2.25. The number of aromatic nitrogens is 2. The van der Waals surface area contributed by atoms with Gasteiger partial charge in [0.05, 0.1) is 17.4 Å². The molecule has 1 aliphatic heterocycles. The van der Waals surface area contributed by atoms with Crippen LogP contribution in [0.5, 0.6) is 0 Å². The second-order valence-electron chi connectivity index (χ2n) is 6.99. The van der Waals surface area contributed by atoms with Crippen molar-refractivity contribution in [2.75, 3.05) is 31.1 Å². The molecule has 0 aliphatic carbocycles. The average Bonchev–Trinajstić information content (AvgIpc) is 3.07. The summed E-state index contributed by atoms with van der Waals surface area (Å²) in [6.07, 6.45) is 1.98. The van der Waals surface area contributed by atoms with Crippen molar-refractivity contribution in [3.05, 3.63) is 72.6 Å². The number of rotatable bonds is 3. The maximum absolute atomic E-state index is 4.69. The molecule has 2 aromatic heterocycles. The normalized spacial score (nSPS) is 15.8. The lowest BCUT2D eigenvalue weighted by Gasteiger charge is -2.35. The van der Waals surface area contributed by atoms with Crippen LogP contribution in [0.1, 0.15) is 5.69 Å². The number of para-hydroxylation sites is 2. The Kier molecular flexibility index (Phi) is 3.83. The summed E-state index contributed by atoms with van der Waals surface area (Å²) < 4.78 is 0. The number of piperazine rings is 1. The molecule has 26 heavy (non-hydrogen) atoms. The van der Waals surface area contributed by atoms with Gasteiger partial charge in [0.25, 0.3) is 0 Å². The van der Waals surface area contributed by atoms with Gasteiger partial charge in [0.2, 0.25) is 0 Å². The van der Waals surface area contributed by atoms with Crippen LogP contribution in [0, 0.1) is 0 Å². The number of pyridine rings is 1. The fourth-order valence-electron chi connectivity index (χ4n) is 3.91. The van der Waals surface area contributed by atoms with Crippen molar-refractivity contribution < 1.29 is 0 Å². The first-order chi connectivity index (χ1) is 12.9. The molecule has 1 aliphatic rings. The van der Waals surface area contributed by atoms with Crippen molar-refractivity contribution in [3.63, 3.8) is 0 Å². The largest absolute Gasteiger partial charge is 0.369 e. The molecule has 1 N–H and O–H groups in total. The Labute approximate surface area is 153 Å². The van der Waals surface area contributed by atoms with Crippen LogP contribution in [0.25, 0.3) is 21.8 Å². The Morgan fingerprint density at radius 1 is 0.808 bits per heavy atom. The summed E-state index contributed by atoms with van der Waals surface area (Å²) in [4.78, 5) is 13.1. The lowest BCUT2D eigenvalue weighted by molar-refractivity contribution is 0.247. The van der Waals surface area contributed by atoms with Gasteiger partial charge < -0.3 is 9.88 Å². The summed E-state index contributed by atoms with van der Waals surface area (Å²) in [5, 5.41) is 2.55. The van der Waals surface area contributed by atoms with Crippen LogP contribution < -0.4 is 4.90 Å². The van der Waals surface area contributed by atoms with Crippen LogP contribution >= 0.6 is 0 Å². The van der Waals surface area contributed by atoms with Gasteiger partial charge in [-0.1, -0.05) is 36.4 Å². The molecular formula is C22H22N4. The van der Waals surface area contributed by atoms with Crippen LogP contribution in [0.4, 0.5) is 5.69 Å². The van der Waals surface area contributed by atoms with Crippen LogP contribution in [0.3, 0.4) is 0 Å². The molecule has 3 heterocycles. The molecule has 0 unspecified atom stereocenters. The van der Waals surface area contributed by atoms with E-state index in [0.29, 0.717) is 0 Å². The highest BCUT2D eigenvalue weighted by Gasteiger charge is 2.18. The van der Waals surface area contributed by atoms with Gasteiger partial charge in [-0.2, -0.15) is 0 Å². The monoisotopic (exact) mass is 342 g/mol. The zero-order valence-corrected chi connectivity index (χ0v) is 14.7. The molecular weight excluding hydrogens is 320 g/mol. The van der Waals surface area contributed by atoms with E-state index in [0.717, 1.165) is 43.9 Å². The number of fused-ring (bicyclic) bond motifs is 3. The molecule has 4 heteroatoms. The molecule has 0 bridgehead atoms. The number of anilines is 1. The van der Waals surface area contributed by atoms with E-state index in [1.807, 2.05) is 6.20 Å². The zero-order chi connectivity index (χ0) is 17.3. The second-order valence-corrected chi connectivity index (χ2v) is 6.99. The summed E-state index contributed by atoms with van der Waals surface area (Å²) in [5.74, 6) is 0. The number of H-pyrrole nitrogens is 1. The third-order valence-corrected chi connectivity index (χ3v) is 5.33. The highest BCUT2D eigenvalue weighted by molar-refractivity contribution is 6.06. The molecule has 1 fully saturated rings. The quantitative estimate of drug-likeness (QED) is 0.610. The Morgan fingerprint density at radius 2 is 1.58 bits per heavy atom. The van der Waals surface area contributed by atoms with Gasteiger partial charge in [0.15, 0.2) is 0 Å². The van der Waals surface area contributed by atoms with Crippen LogP contribution in [-0.4, -0.2) is 41.0 Å². The van der Waals surface area contributed by atoms with Gasteiger partial charge in [0, 0.05) is 54.7 Å². The van der Waals surface area contributed by atoms with E-state index in [9.17, 15) is 0 Å². The predicted octanol–water partition coefficient (Wildman–Crippen LogP) is 4.04. The van der Waals surface area contributed by atoms with E-state index < -0.39 is 0 Å². The van der Waals surface area contributed by atoms with Crippen molar-refractivity contribution in [1.82, 2.24) is 14.9 Å². The average molecular weight is 342 g/mol. The molecule has 0 saturated carbocycles. The second kappa shape index (κ2) is 6.46. The third-order valence-electron chi connectivity index (χ3n) is 5.33. The fourth-order valence-corrected chi connectivity index (χ4v) is 3.91. The van der Waals surface area contributed by atoms with Crippen molar-refractivity contribution in [1.29, 1.82) is 0 Å². The zero-order valence-electron chi connectivity index (χ0n) is 14.7. The lowest BCUT2D eigenvalue weighted by atomic mass is 10.1.